The van der Waals surface area contributed by atoms with Crippen molar-refractivity contribution in [1.29, 1.82) is 0 Å². The Morgan fingerprint density at radius 2 is 1.96 bits per heavy atom. The van der Waals surface area contributed by atoms with E-state index in [1.54, 1.807) is 16.9 Å². The average Bonchev–Trinajstić information content (AvgIpc) is 2.92. The zero-order valence-corrected chi connectivity index (χ0v) is 12.9. The number of para-hydroxylation sites is 1. The van der Waals surface area contributed by atoms with Crippen molar-refractivity contribution >= 4 is 33.7 Å². The lowest BCUT2D eigenvalue weighted by Crippen LogP contribution is -2.14. The third kappa shape index (κ3) is 1.98. The number of rotatable bonds is 2. The smallest absolute Gasteiger partial charge is 0.252 e. The number of carbonyl (C=O) groups excluding carboxylic acids is 1. The van der Waals surface area contributed by atoms with Crippen molar-refractivity contribution in [1.82, 2.24) is 19.7 Å². The van der Waals surface area contributed by atoms with E-state index in [-0.39, 0.29) is 11.4 Å². The summed E-state index contributed by atoms with van der Waals surface area (Å²) in [5.74, 6) is -0.506. The van der Waals surface area contributed by atoms with Gasteiger partial charge >= 0.3 is 0 Å². The highest BCUT2D eigenvalue weighted by molar-refractivity contribution is 6.08. The summed E-state index contributed by atoms with van der Waals surface area (Å²) in [5, 5.41) is 6.08. The highest BCUT2D eigenvalue weighted by atomic mass is 16.1. The maximum absolute atomic E-state index is 11.5. The second kappa shape index (κ2) is 5.02. The van der Waals surface area contributed by atoms with Crippen molar-refractivity contribution in [2.75, 3.05) is 5.73 Å². The molecule has 24 heavy (non-hydrogen) atoms. The average molecular weight is 318 g/mol. The van der Waals surface area contributed by atoms with Crippen LogP contribution in [-0.2, 0) is 0 Å². The number of aromatic nitrogens is 4. The Balaban J connectivity index is 2.08. The first-order valence-corrected chi connectivity index (χ1v) is 7.36. The number of aryl methyl sites for hydroxylation is 1. The number of benzene rings is 1. The first-order chi connectivity index (χ1) is 11.6. The van der Waals surface area contributed by atoms with E-state index in [1.807, 2.05) is 37.3 Å². The van der Waals surface area contributed by atoms with Crippen LogP contribution in [0.5, 0.6) is 0 Å². The van der Waals surface area contributed by atoms with Crippen LogP contribution < -0.4 is 11.5 Å². The highest BCUT2D eigenvalue weighted by Gasteiger charge is 2.17. The lowest BCUT2D eigenvalue weighted by atomic mass is 10.1. The maximum Gasteiger partial charge on any atom is 0.252 e. The molecule has 3 heterocycles. The molecule has 0 saturated heterocycles. The molecule has 3 aromatic heterocycles. The number of nitrogen functional groups attached to an aromatic ring is 1. The summed E-state index contributed by atoms with van der Waals surface area (Å²) in [6, 6.07) is 11.3. The van der Waals surface area contributed by atoms with Crippen LogP contribution in [0.2, 0.25) is 0 Å². The molecular formula is C17H14N6O. The molecule has 0 aliphatic rings. The van der Waals surface area contributed by atoms with E-state index in [1.165, 1.54) is 0 Å². The summed E-state index contributed by atoms with van der Waals surface area (Å²) in [6.07, 6.45) is 1.65. The fourth-order valence-corrected chi connectivity index (χ4v) is 2.83. The SMILES string of the molecule is Cc1nn(-c2ccccc2)c2ncc3cc(C(N)=O)c(N)nc3c12. The summed E-state index contributed by atoms with van der Waals surface area (Å²) in [7, 11) is 0. The lowest BCUT2D eigenvalue weighted by Gasteiger charge is -2.06. The molecule has 0 aliphatic heterocycles. The van der Waals surface area contributed by atoms with Crippen molar-refractivity contribution in [3.8, 4) is 5.69 Å². The van der Waals surface area contributed by atoms with Gasteiger partial charge in [0.05, 0.1) is 27.8 Å². The van der Waals surface area contributed by atoms with Crippen LogP contribution in [0, 0.1) is 6.92 Å². The van der Waals surface area contributed by atoms with Crippen molar-refractivity contribution in [3.05, 3.63) is 53.9 Å². The van der Waals surface area contributed by atoms with Gasteiger partial charge in [-0.2, -0.15) is 5.10 Å². The van der Waals surface area contributed by atoms with Gasteiger partial charge in [-0.25, -0.2) is 14.6 Å². The van der Waals surface area contributed by atoms with Crippen molar-refractivity contribution in [3.63, 3.8) is 0 Å². The minimum Gasteiger partial charge on any atom is -0.383 e. The Labute approximate surface area is 136 Å². The van der Waals surface area contributed by atoms with Crippen LogP contribution in [0.25, 0.3) is 27.6 Å². The van der Waals surface area contributed by atoms with E-state index in [2.05, 4.69) is 15.1 Å². The number of hydrogen-bond donors (Lipinski definition) is 2. The molecule has 118 valence electrons. The first kappa shape index (κ1) is 14.1. The predicted octanol–water partition coefficient (Wildman–Crippen LogP) is 1.96. The molecule has 0 atom stereocenters. The van der Waals surface area contributed by atoms with Gasteiger partial charge < -0.3 is 11.5 Å². The molecule has 7 heteroatoms. The Kier molecular flexibility index (Phi) is 2.96. The molecule has 0 bridgehead atoms. The van der Waals surface area contributed by atoms with Crippen LogP contribution in [-0.4, -0.2) is 25.7 Å². The zero-order valence-electron chi connectivity index (χ0n) is 12.9. The molecule has 4 rings (SSSR count). The van der Waals surface area contributed by atoms with Crippen LogP contribution in [0.4, 0.5) is 5.82 Å². The normalized spacial score (nSPS) is 11.2. The molecule has 0 unspecified atom stereocenters. The summed E-state index contributed by atoms with van der Waals surface area (Å²) >= 11 is 0. The van der Waals surface area contributed by atoms with Gasteiger partial charge in [0.25, 0.3) is 5.91 Å². The van der Waals surface area contributed by atoms with Gasteiger partial charge in [-0.1, -0.05) is 18.2 Å². The standard InChI is InChI=1S/C17H14N6O/c1-9-13-14-10(7-12(16(19)24)15(18)21-14)8-20-17(13)23(22-9)11-5-3-2-4-6-11/h2-8H,1H3,(H2,18,21)(H2,19,24). The number of pyridine rings is 2. The van der Waals surface area contributed by atoms with E-state index in [4.69, 9.17) is 11.5 Å². The number of anilines is 1. The number of amides is 1. The van der Waals surface area contributed by atoms with E-state index >= 15 is 0 Å². The number of nitrogens with two attached hydrogens (primary N) is 2. The monoisotopic (exact) mass is 318 g/mol. The molecular weight excluding hydrogens is 304 g/mol. The molecule has 0 fully saturated rings. The van der Waals surface area contributed by atoms with Crippen molar-refractivity contribution < 1.29 is 4.79 Å². The molecule has 0 aliphatic carbocycles. The fourth-order valence-electron chi connectivity index (χ4n) is 2.83. The van der Waals surface area contributed by atoms with Gasteiger partial charge in [0.2, 0.25) is 0 Å². The topological polar surface area (TPSA) is 113 Å². The van der Waals surface area contributed by atoms with Crippen LogP contribution in [0.3, 0.4) is 0 Å². The minimum atomic E-state index is -0.612. The number of fused-ring (bicyclic) bond motifs is 3. The fraction of sp³-hybridized carbons (Fsp3) is 0.0588. The number of carbonyl (C=O) groups is 1. The van der Waals surface area contributed by atoms with E-state index in [9.17, 15) is 4.79 Å². The second-order valence-electron chi connectivity index (χ2n) is 5.51. The van der Waals surface area contributed by atoms with E-state index in [0.717, 1.165) is 16.8 Å². The lowest BCUT2D eigenvalue weighted by molar-refractivity contribution is 0.100. The third-order valence-corrected chi connectivity index (χ3v) is 3.95. The number of nitrogens with zero attached hydrogens (tertiary/aromatic N) is 4. The zero-order chi connectivity index (χ0) is 16.8. The van der Waals surface area contributed by atoms with Crippen LogP contribution in [0.1, 0.15) is 16.1 Å². The highest BCUT2D eigenvalue weighted by Crippen LogP contribution is 2.28. The van der Waals surface area contributed by atoms with E-state index < -0.39 is 5.91 Å². The van der Waals surface area contributed by atoms with Gasteiger partial charge in [0, 0.05) is 11.6 Å². The van der Waals surface area contributed by atoms with Gasteiger partial charge in [0.1, 0.15) is 5.82 Å². The van der Waals surface area contributed by atoms with Crippen molar-refractivity contribution in [2.45, 2.75) is 6.92 Å². The summed E-state index contributed by atoms with van der Waals surface area (Å²) in [4.78, 5) is 20.3. The molecule has 4 N–H and O–H groups in total. The maximum atomic E-state index is 11.5. The molecule has 0 saturated carbocycles. The van der Waals surface area contributed by atoms with Gasteiger partial charge in [0.15, 0.2) is 5.65 Å². The third-order valence-electron chi connectivity index (χ3n) is 3.95. The summed E-state index contributed by atoms with van der Waals surface area (Å²) in [6.45, 7) is 1.89. The van der Waals surface area contributed by atoms with Gasteiger partial charge in [-0.05, 0) is 25.1 Å². The molecule has 0 radical (unpaired) electrons. The first-order valence-electron chi connectivity index (χ1n) is 7.36. The van der Waals surface area contributed by atoms with Gasteiger partial charge in [-0.3, -0.25) is 4.79 Å². The van der Waals surface area contributed by atoms with E-state index in [0.29, 0.717) is 16.6 Å². The molecule has 4 aromatic rings. The predicted molar refractivity (Wildman–Crippen MR) is 91.8 cm³/mol. The van der Waals surface area contributed by atoms with Crippen LogP contribution >= 0.6 is 0 Å². The Bertz CT molecular complexity index is 1100. The second-order valence-corrected chi connectivity index (χ2v) is 5.51. The largest absolute Gasteiger partial charge is 0.383 e. The molecule has 1 aromatic carbocycles. The minimum absolute atomic E-state index is 0.106. The number of hydrogen-bond acceptors (Lipinski definition) is 5. The summed E-state index contributed by atoms with van der Waals surface area (Å²) < 4.78 is 1.77. The molecule has 7 nitrogen and oxygen atoms in total. The quantitative estimate of drug-likeness (QED) is 0.586. The molecule has 0 spiro atoms. The Hall–Kier alpha value is -3.48. The van der Waals surface area contributed by atoms with Gasteiger partial charge in [-0.15, -0.1) is 0 Å². The number of primary amides is 1. The Morgan fingerprint density at radius 1 is 1.21 bits per heavy atom. The Morgan fingerprint density at radius 3 is 2.67 bits per heavy atom. The summed E-state index contributed by atoms with van der Waals surface area (Å²) in [5.41, 5.74) is 14.4. The van der Waals surface area contributed by atoms with Crippen LogP contribution in [0.15, 0.2) is 42.6 Å². The van der Waals surface area contributed by atoms with Crippen molar-refractivity contribution in [2.24, 2.45) is 5.73 Å². The molecule has 1 amide bonds.